The number of hydrogen-bond acceptors (Lipinski definition) is 6. The highest BCUT2D eigenvalue weighted by molar-refractivity contribution is 8.01. The molecular weight excluding hydrogens is 472 g/mol. The van der Waals surface area contributed by atoms with Crippen molar-refractivity contribution in [2.45, 2.75) is 86.9 Å². The van der Waals surface area contributed by atoms with Gasteiger partial charge in [0.05, 0.1) is 17.5 Å². The molecule has 3 aliphatic heterocycles. The van der Waals surface area contributed by atoms with Crippen molar-refractivity contribution in [1.29, 1.82) is 0 Å². The number of hydrogen-bond donors (Lipinski definition) is 4. The first-order valence-electron chi connectivity index (χ1n) is 13.8. The van der Waals surface area contributed by atoms with Gasteiger partial charge in [0.1, 0.15) is 0 Å². The minimum absolute atomic E-state index is 0.0570. The van der Waals surface area contributed by atoms with Crippen molar-refractivity contribution < 1.29 is 14.7 Å². The summed E-state index contributed by atoms with van der Waals surface area (Å²) in [4.78, 5) is 28.0. The summed E-state index contributed by atoms with van der Waals surface area (Å²) in [5.41, 5.74) is 3.23. The van der Waals surface area contributed by atoms with Crippen molar-refractivity contribution in [3.63, 3.8) is 0 Å². The summed E-state index contributed by atoms with van der Waals surface area (Å²) in [5, 5.41) is 20.4. The number of nitrogens with one attached hydrogen (secondary N) is 3. The maximum absolute atomic E-state index is 13.2. The van der Waals surface area contributed by atoms with Crippen LogP contribution in [0, 0.1) is 18.8 Å². The molecule has 0 spiro atoms. The highest BCUT2D eigenvalue weighted by Crippen LogP contribution is 2.46. The predicted octanol–water partition coefficient (Wildman–Crippen LogP) is 3.22. The molecule has 4 N–H and O–H groups in total. The van der Waals surface area contributed by atoms with E-state index in [1.165, 1.54) is 31.2 Å². The monoisotopic (exact) mass is 514 g/mol. The molecule has 4 aliphatic rings. The molecule has 1 aromatic carbocycles. The molecule has 5 rings (SSSR count). The van der Waals surface area contributed by atoms with Gasteiger partial charge in [-0.2, -0.15) is 0 Å². The van der Waals surface area contributed by atoms with E-state index < -0.39 is 0 Å². The molecule has 8 heteroatoms. The van der Waals surface area contributed by atoms with Crippen LogP contribution in [0.5, 0.6) is 0 Å². The van der Waals surface area contributed by atoms with Crippen LogP contribution in [0.4, 0.5) is 5.69 Å². The zero-order valence-electron chi connectivity index (χ0n) is 21.7. The van der Waals surface area contributed by atoms with E-state index in [1.54, 1.807) is 0 Å². The zero-order valence-corrected chi connectivity index (χ0v) is 22.5. The third-order valence-corrected chi connectivity index (χ3v) is 10.6. The largest absolute Gasteiger partial charge is 0.396 e. The smallest absolute Gasteiger partial charge is 0.239 e. The van der Waals surface area contributed by atoms with Crippen molar-refractivity contribution in [3.8, 4) is 0 Å². The third-order valence-electron chi connectivity index (χ3n) is 8.93. The van der Waals surface area contributed by atoms with Crippen molar-refractivity contribution >= 4 is 29.3 Å². The van der Waals surface area contributed by atoms with Crippen LogP contribution in [0.2, 0.25) is 0 Å². The summed E-state index contributed by atoms with van der Waals surface area (Å²) in [5.74, 6) is 1.50. The van der Waals surface area contributed by atoms with Gasteiger partial charge in [-0.25, -0.2) is 0 Å². The van der Waals surface area contributed by atoms with E-state index >= 15 is 0 Å². The second-order valence-corrected chi connectivity index (χ2v) is 12.9. The molecule has 198 valence electrons. The average Bonchev–Trinajstić information content (AvgIpc) is 3.33. The van der Waals surface area contributed by atoms with E-state index in [4.69, 9.17) is 0 Å². The number of likely N-dealkylation sites (tertiary alicyclic amines) is 1. The molecule has 7 atom stereocenters. The SMILES string of the molecule is Cc1c(NC(=O)C2CC3CCCCC3S2)cccc1C1CC(NC2CCC(CO)CN2)C(=O)N(C)C1. The van der Waals surface area contributed by atoms with E-state index in [9.17, 15) is 14.7 Å². The Hall–Kier alpha value is -1.61. The number of nitrogens with zero attached hydrogens (tertiary/aromatic N) is 1. The number of amides is 2. The number of aliphatic hydroxyl groups excluding tert-OH is 1. The topological polar surface area (TPSA) is 93.7 Å². The number of fused-ring (bicyclic) bond motifs is 1. The van der Waals surface area contributed by atoms with Gasteiger partial charge in [0.25, 0.3) is 0 Å². The van der Waals surface area contributed by atoms with Crippen LogP contribution in [-0.4, -0.2) is 71.3 Å². The summed E-state index contributed by atoms with van der Waals surface area (Å²) in [6.07, 6.45) is 8.86. The number of thioether (sulfide) groups is 1. The van der Waals surface area contributed by atoms with Gasteiger partial charge in [-0.05, 0) is 74.5 Å². The second kappa shape index (κ2) is 11.4. The zero-order chi connectivity index (χ0) is 25.2. The van der Waals surface area contributed by atoms with Crippen LogP contribution in [0.1, 0.15) is 68.4 Å². The fraction of sp³-hybridized carbons (Fsp3) is 0.714. The molecular formula is C28H42N4O3S. The standard InChI is InChI=1S/C28H42N4O3S/c1-17-21(7-5-8-22(17)31-27(34)25-13-19-6-3-4-9-24(19)36-25)20-12-23(28(35)32(2)15-20)30-26-11-10-18(16-33)14-29-26/h5,7-8,18-20,23-26,29-30,33H,3-4,6,9-16H2,1-2H3,(H,31,34). The molecule has 7 unspecified atom stereocenters. The van der Waals surface area contributed by atoms with Gasteiger partial charge in [0.2, 0.25) is 11.8 Å². The fourth-order valence-corrected chi connectivity index (χ4v) is 8.48. The first-order chi connectivity index (χ1) is 17.4. The van der Waals surface area contributed by atoms with Crippen molar-refractivity contribution in [2.24, 2.45) is 11.8 Å². The molecule has 7 nitrogen and oxygen atoms in total. The second-order valence-electron chi connectivity index (χ2n) is 11.4. The molecule has 3 heterocycles. The van der Waals surface area contributed by atoms with Crippen molar-refractivity contribution in [3.05, 3.63) is 29.3 Å². The lowest BCUT2D eigenvalue weighted by atomic mass is 9.84. The Morgan fingerprint density at radius 3 is 2.78 bits per heavy atom. The lowest BCUT2D eigenvalue weighted by Crippen LogP contribution is -2.58. The Bertz CT molecular complexity index is 937. The molecule has 36 heavy (non-hydrogen) atoms. The van der Waals surface area contributed by atoms with E-state index in [-0.39, 0.29) is 41.8 Å². The molecule has 1 aliphatic carbocycles. The first kappa shape index (κ1) is 26.0. The number of carbonyl (C=O) groups excluding carboxylic acids is 2. The number of likely N-dealkylation sites (N-methyl/N-ethyl adjacent to an activating group) is 1. The summed E-state index contributed by atoms with van der Waals surface area (Å²) >= 11 is 1.89. The lowest BCUT2D eigenvalue weighted by molar-refractivity contribution is -0.135. The number of rotatable bonds is 6. The maximum atomic E-state index is 13.2. The molecule has 3 saturated heterocycles. The van der Waals surface area contributed by atoms with Gasteiger partial charge < -0.3 is 20.6 Å². The van der Waals surface area contributed by atoms with Gasteiger partial charge in [-0.15, -0.1) is 11.8 Å². The van der Waals surface area contributed by atoms with Crippen LogP contribution in [0.3, 0.4) is 0 Å². The Balaban J connectivity index is 1.24. The highest BCUT2D eigenvalue weighted by atomic mass is 32.2. The molecule has 2 amide bonds. The summed E-state index contributed by atoms with van der Waals surface area (Å²) in [7, 11) is 1.89. The van der Waals surface area contributed by atoms with Crippen LogP contribution in [0.25, 0.3) is 0 Å². The van der Waals surface area contributed by atoms with Crippen LogP contribution >= 0.6 is 11.8 Å². The van der Waals surface area contributed by atoms with E-state index in [2.05, 4.69) is 28.9 Å². The number of anilines is 1. The van der Waals surface area contributed by atoms with Crippen LogP contribution < -0.4 is 16.0 Å². The molecule has 0 aromatic heterocycles. The minimum atomic E-state index is -0.243. The van der Waals surface area contributed by atoms with Crippen LogP contribution in [0.15, 0.2) is 18.2 Å². The molecule has 0 radical (unpaired) electrons. The van der Waals surface area contributed by atoms with Crippen molar-refractivity contribution in [2.75, 3.05) is 32.1 Å². The van der Waals surface area contributed by atoms with Crippen LogP contribution in [-0.2, 0) is 9.59 Å². The minimum Gasteiger partial charge on any atom is -0.396 e. The molecule has 1 aromatic rings. The molecule has 4 fully saturated rings. The number of benzene rings is 1. The van der Waals surface area contributed by atoms with Gasteiger partial charge in [0, 0.05) is 43.6 Å². The predicted molar refractivity (Wildman–Crippen MR) is 145 cm³/mol. The quantitative estimate of drug-likeness (QED) is 0.466. The maximum Gasteiger partial charge on any atom is 0.239 e. The fourth-order valence-electron chi connectivity index (χ4n) is 6.74. The summed E-state index contributed by atoms with van der Waals surface area (Å²) in [6, 6.07) is 5.96. The van der Waals surface area contributed by atoms with E-state index in [1.807, 2.05) is 35.8 Å². The normalized spacial score (nSPS) is 34.9. The van der Waals surface area contributed by atoms with E-state index in [0.717, 1.165) is 43.5 Å². The Morgan fingerprint density at radius 2 is 2.03 bits per heavy atom. The van der Waals surface area contributed by atoms with Gasteiger partial charge >= 0.3 is 0 Å². The van der Waals surface area contributed by atoms with E-state index in [0.29, 0.717) is 23.6 Å². The van der Waals surface area contributed by atoms with Gasteiger partial charge in [-0.3, -0.25) is 14.9 Å². The van der Waals surface area contributed by atoms with Gasteiger partial charge in [-0.1, -0.05) is 25.0 Å². The Kier molecular flexibility index (Phi) is 8.25. The number of piperidine rings is 2. The lowest BCUT2D eigenvalue weighted by Gasteiger charge is -2.39. The third kappa shape index (κ3) is 5.62. The first-order valence-corrected chi connectivity index (χ1v) is 14.8. The molecule has 1 saturated carbocycles. The Morgan fingerprint density at radius 1 is 1.19 bits per heavy atom. The van der Waals surface area contributed by atoms with Crippen molar-refractivity contribution in [1.82, 2.24) is 15.5 Å². The van der Waals surface area contributed by atoms with Gasteiger partial charge in [0.15, 0.2) is 0 Å². The Labute approximate surface area is 219 Å². The number of aliphatic hydroxyl groups is 1. The number of carbonyl (C=O) groups is 2. The highest BCUT2D eigenvalue weighted by Gasteiger charge is 2.40. The average molecular weight is 515 g/mol. The molecule has 0 bridgehead atoms. The summed E-state index contributed by atoms with van der Waals surface area (Å²) < 4.78 is 0. The summed E-state index contributed by atoms with van der Waals surface area (Å²) in [6.45, 7) is 3.76.